The zero-order valence-electron chi connectivity index (χ0n) is 11.4. The number of anilines is 1. The quantitative estimate of drug-likeness (QED) is 0.781. The van der Waals surface area contributed by atoms with Gasteiger partial charge in [0.25, 0.3) is 0 Å². The van der Waals surface area contributed by atoms with E-state index in [1.54, 1.807) is 0 Å². The number of carbonyl (C=O) groups excluding carboxylic acids is 1. The number of amides is 1. The minimum Gasteiger partial charge on any atom is -0.323 e. The molecule has 0 aliphatic heterocycles. The van der Waals surface area contributed by atoms with E-state index in [0.29, 0.717) is 6.42 Å². The number of hydrogen-bond acceptors (Lipinski definition) is 1. The molecule has 5 heteroatoms. The Morgan fingerprint density at radius 2 is 1.86 bits per heavy atom. The van der Waals surface area contributed by atoms with Crippen molar-refractivity contribution in [2.24, 2.45) is 0 Å². The lowest BCUT2D eigenvalue weighted by molar-refractivity contribution is -0.117. The molecule has 1 amide bonds. The van der Waals surface area contributed by atoms with Gasteiger partial charge in [-0.2, -0.15) is 0 Å². The van der Waals surface area contributed by atoms with Crippen LogP contribution in [0.3, 0.4) is 0 Å². The summed E-state index contributed by atoms with van der Waals surface area (Å²) >= 11 is 2.90. The molecular formula is C16H14BrF2NO. The Balaban J connectivity index is 2.23. The van der Waals surface area contributed by atoms with Gasteiger partial charge in [-0.3, -0.25) is 4.79 Å². The molecule has 2 rings (SSSR count). The molecular weight excluding hydrogens is 340 g/mol. The first-order valence-corrected chi connectivity index (χ1v) is 7.32. The standard InChI is InChI=1S/C16H14BrF2NO/c1-2-11(10-6-4-3-5-7-10)16(21)20-15-9-13(18)12(17)8-14(15)19/h3-9,11H,2H2,1H3,(H,20,21). The predicted molar refractivity (Wildman–Crippen MR) is 82.2 cm³/mol. The highest BCUT2D eigenvalue weighted by molar-refractivity contribution is 9.10. The molecule has 2 aromatic rings. The first-order valence-electron chi connectivity index (χ1n) is 6.53. The third kappa shape index (κ3) is 3.67. The first-order chi connectivity index (χ1) is 10.0. The zero-order chi connectivity index (χ0) is 15.4. The number of rotatable bonds is 4. The van der Waals surface area contributed by atoms with Gasteiger partial charge in [-0.15, -0.1) is 0 Å². The second-order valence-corrected chi connectivity index (χ2v) is 5.46. The van der Waals surface area contributed by atoms with Gasteiger partial charge in [0, 0.05) is 6.07 Å². The molecule has 1 unspecified atom stereocenters. The highest BCUT2D eigenvalue weighted by Crippen LogP contribution is 2.26. The summed E-state index contributed by atoms with van der Waals surface area (Å²) in [4.78, 5) is 12.3. The van der Waals surface area contributed by atoms with Crippen LogP contribution in [-0.4, -0.2) is 5.91 Å². The minimum atomic E-state index is -0.681. The van der Waals surface area contributed by atoms with Crippen LogP contribution in [0.4, 0.5) is 14.5 Å². The Labute approximate surface area is 130 Å². The minimum absolute atomic E-state index is 0.0214. The Bertz CT molecular complexity index is 646. The Morgan fingerprint density at radius 3 is 2.48 bits per heavy atom. The van der Waals surface area contributed by atoms with Crippen LogP contribution < -0.4 is 5.32 Å². The molecule has 0 saturated heterocycles. The molecule has 0 aromatic heterocycles. The van der Waals surface area contributed by atoms with E-state index in [9.17, 15) is 13.6 Å². The summed E-state index contributed by atoms with van der Waals surface area (Å²) in [6.07, 6.45) is 0.566. The highest BCUT2D eigenvalue weighted by atomic mass is 79.9. The van der Waals surface area contributed by atoms with Gasteiger partial charge in [-0.25, -0.2) is 8.78 Å². The average Bonchev–Trinajstić information content (AvgIpc) is 2.46. The summed E-state index contributed by atoms with van der Waals surface area (Å²) in [5.74, 6) is -2.07. The van der Waals surface area contributed by atoms with E-state index in [1.165, 1.54) is 0 Å². The molecule has 0 heterocycles. The highest BCUT2D eigenvalue weighted by Gasteiger charge is 2.20. The van der Waals surface area contributed by atoms with E-state index in [-0.39, 0.29) is 16.1 Å². The van der Waals surface area contributed by atoms with Gasteiger partial charge in [0.1, 0.15) is 11.6 Å². The molecule has 1 N–H and O–H groups in total. The van der Waals surface area contributed by atoms with Crippen molar-refractivity contribution < 1.29 is 13.6 Å². The van der Waals surface area contributed by atoms with Gasteiger partial charge in [0.2, 0.25) is 5.91 Å². The lowest BCUT2D eigenvalue weighted by atomic mass is 9.95. The summed E-state index contributed by atoms with van der Waals surface area (Å²) in [7, 11) is 0. The van der Waals surface area contributed by atoms with Crippen molar-refractivity contribution in [3.8, 4) is 0 Å². The molecule has 0 aliphatic carbocycles. The molecule has 2 aromatic carbocycles. The molecule has 0 radical (unpaired) electrons. The summed E-state index contributed by atoms with van der Waals surface area (Å²) in [5.41, 5.74) is 0.686. The topological polar surface area (TPSA) is 29.1 Å². The van der Waals surface area contributed by atoms with Crippen molar-refractivity contribution in [2.45, 2.75) is 19.3 Å². The second kappa shape index (κ2) is 6.80. The Kier molecular flexibility index (Phi) is 5.07. The molecule has 1 atom stereocenters. The molecule has 0 bridgehead atoms. The third-order valence-electron chi connectivity index (χ3n) is 3.19. The molecule has 2 nitrogen and oxygen atoms in total. The van der Waals surface area contributed by atoms with Crippen LogP contribution >= 0.6 is 15.9 Å². The Morgan fingerprint density at radius 1 is 1.19 bits per heavy atom. The van der Waals surface area contributed by atoms with E-state index >= 15 is 0 Å². The van der Waals surface area contributed by atoms with E-state index in [2.05, 4.69) is 21.2 Å². The van der Waals surface area contributed by atoms with Crippen molar-refractivity contribution in [2.75, 3.05) is 5.32 Å². The maximum atomic E-state index is 13.7. The van der Waals surface area contributed by atoms with Crippen LogP contribution in [0.2, 0.25) is 0 Å². The third-order valence-corrected chi connectivity index (χ3v) is 3.80. The predicted octanol–water partition coefficient (Wildman–Crippen LogP) is 4.86. The van der Waals surface area contributed by atoms with Crippen molar-refractivity contribution >= 4 is 27.5 Å². The number of hydrogen-bond donors (Lipinski definition) is 1. The van der Waals surface area contributed by atoms with Crippen LogP contribution in [0.1, 0.15) is 24.8 Å². The SMILES string of the molecule is CCC(C(=O)Nc1cc(F)c(Br)cc1F)c1ccccc1. The van der Waals surface area contributed by atoms with Gasteiger partial charge in [-0.1, -0.05) is 37.3 Å². The first kappa shape index (κ1) is 15.6. The number of halogens is 3. The van der Waals surface area contributed by atoms with Crippen molar-refractivity contribution in [3.05, 3.63) is 64.1 Å². The normalized spacial score (nSPS) is 12.0. The maximum absolute atomic E-state index is 13.7. The van der Waals surface area contributed by atoms with Crippen molar-refractivity contribution in [3.63, 3.8) is 0 Å². The molecule has 0 saturated carbocycles. The molecule has 0 fully saturated rings. The Hall–Kier alpha value is -1.75. The number of benzene rings is 2. The summed E-state index contributed by atoms with van der Waals surface area (Å²) in [6, 6.07) is 11.2. The average molecular weight is 354 g/mol. The van der Waals surface area contributed by atoms with Gasteiger partial charge in [-0.05, 0) is 34.0 Å². The van der Waals surface area contributed by atoms with Gasteiger partial charge in [0.15, 0.2) is 0 Å². The number of carbonyl (C=O) groups is 1. The van der Waals surface area contributed by atoms with Gasteiger partial charge in [0.05, 0.1) is 16.1 Å². The molecule has 0 aliphatic rings. The lowest BCUT2D eigenvalue weighted by Crippen LogP contribution is -2.21. The van der Waals surface area contributed by atoms with E-state index in [1.807, 2.05) is 37.3 Å². The lowest BCUT2D eigenvalue weighted by Gasteiger charge is -2.16. The zero-order valence-corrected chi connectivity index (χ0v) is 13.0. The van der Waals surface area contributed by atoms with Gasteiger partial charge >= 0.3 is 0 Å². The fraction of sp³-hybridized carbons (Fsp3) is 0.188. The van der Waals surface area contributed by atoms with Crippen LogP contribution in [0.5, 0.6) is 0 Å². The van der Waals surface area contributed by atoms with E-state index in [4.69, 9.17) is 0 Å². The number of nitrogens with one attached hydrogen (secondary N) is 1. The fourth-order valence-corrected chi connectivity index (χ4v) is 2.41. The monoisotopic (exact) mass is 353 g/mol. The van der Waals surface area contributed by atoms with Crippen molar-refractivity contribution in [1.29, 1.82) is 0 Å². The summed E-state index contributed by atoms with van der Waals surface area (Å²) in [5, 5.41) is 2.45. The maximum Gasteiger partial charge on any atom is 0.231 e. The summed E-state index contributed by atoms with van der Waals surface area (Å²) < 4.78 is 27.2. The van der Waals surface area contributed by atoms with E-state index in [0.717, 1.165) is 17.7 Å². The van der Waals surface area contributed by atoms with E-state index < -0.39 is 17.6 Å². The van der Waals surface area contributed by atoms with Crippen molar-refractivity contribution in [1.82, 2.24) is 0 Å². The largest absolute Gasteiger partial charge is 0.323 e. The molecule has 110 valence electrons. The summed E-state index contributed by atoms with van der Waals surface area (Å²) in [6.45, 7) is 1.87. The second-order valence-electron chi connectivity index (χ2n) is 4.61. The fourth-order valence-electron chi connectivity index (χ4n) is 2.10. The molecule has 0 spiro atoms. The van der Waals surface area contributed by atoms with Gasteiger partial charge < -0.3 is 5.32 Å². The van der Waals surface area contributed by atoms with Crippen LogP contribution in [0.15, 0.2) is 46.9 Å². The van der Waals surface area contributed by atoms with Crippen LogP contribution in [0.25, 0.3) is 0 Å². The molecule has 21 heavy (non-hydrogen) atoms. The van der Waals surface area contributed by atoms with Crippen LogP contribution in [-0.2, 0) is 4.79 Å². The smallest absolute Gasteiger partial charge is 0.231 e. The van der Waals surface area contributed by atoms with Crippen LogP contribution in [0, 0.1) is 11.6 Å².